The Kier molecular flexibility index (Phi) is 5.01. The lowest BCUT2D eigenvalue weighted by Gasteiger charge is -2.14. The lowest BCUT2D eigenvalue weighted by molar-refractivity contribution is -0.154. The second-order valence-corrected chi connectivity index (χ2v) is 7.59. The van der Waals surface area contributed by atoms with Gasteiger partial charge < -0.3 is 4.74 Å². The predicted molar refractivity (Wildman–Crippen MR) is 116 cm³/mol. The summed E-state index contributed by atoms with van der Waals surface area (Å²) in [6.07, 6.45) is -1.28. The van der Waals surface area contributed by atoms with Gasteiger partial charge in [-0.15, -0.1) is 10.2 Å². The highest BCUT2D eigenvalue weighted by molar-refractivity contribution is 6.30. The number of alkyl halides is 3. The minimum Gasteiger partial charge on any atom is -0.468 e. The van der Waals surface area contributed by atoms with Gasteiger partial charge in [0.15, 0.2) is 17.9 Å². The molecule has 1 aromatic carbocycles. The van der Waals surface area contributed by atoms with E-state index >= 15 is 0 Å². The summed E-state index contributed by atoms with van der Waals surface area (Å²) in [6, 6.07) is 14.5. The van der Waals surface area contributed by atoms with Crippen LogP contribution in [0.4, 0.5) is 13.2 Å². The van der Waals surface area contributed by atoms with E-state index in [1.807, 2.05) is 0 Å². The highest BCUT2D eigenvalue weighted by Crippen LogP contribution is 2.26. The maximum atomic E-state index is 13.6. The molecule has 4 aromatic heterocycles. The van der Waals surface area contributed by atoms with E-state index in [-0.39, 0.29) is 11.5 Å². The fraction of sp³-hybridized carbons (Fsp3) is 0.0909. The summed E-state index contributed by atoms with van der Waals surface area (Å²) in [5.74, 6) is -0.249. The number of benzene rings is 1. The van der Waals surface area contributed by atoms with Gasteiger partial charge in [-0.05, 0) is 48.5 Å². The van der Waals surface area contributed by atoms with Crippen molar-refractivity contribution >= 4 is 28.3 Å². The smallest absolute Gasteiger partial charge is 0.422 e. The van der Waals surface area contributed by atoms with Crippen molar-refractivity contribution in [3.8, 4) is 22.7 Å². The van der Waals surface area contributed by atoms with Crippen molar-refractivity contribution in [1.82, 2.24) is 24.1 Å². The van der Waals surface area contributed by atoms with Crippen LogP contribution in [0.1, 0.15) is 0 Å². The van der Waals surface area contributed by atoms with E-state index in [2.05, 4.69) is 15.2 Å². The van der Waals surface area contributed by atoms with Gasteiger partial charge in [-0.25, -0.2) is 0 Å². The van der Waals surface area contributed by atoms with Gasteiger partial charge >= 0.3 is 6.18 Å². The molecule has 0 N–H and O–H groups in total. The average molecular weight is 472 g/mol. The number of hydrogen-bond acceptors (Lipinski definition) is 5. The summed E-state index contributed by atoms with van der Waals surface area (Å²) in [5, 5.41) is 8.79. The molecule has 0 saturated carbocycles. The molecule has 11 heteroatoms. The van der Waals surface area contributed by atoms with E-state index in [0.717, 1.165) is 0 Å². The molecule has 0 aliphatic heterocycles. The molecule has 0 fully saturated rings. The molecule has 0 aliphatic carbocycles. The van der Waals surface area contributed by atoms with Crippen LogP contribution in [-0.4, -0.2) is 36.9 Å². The Labute approximate surface area is 188 Å². The van der Waals surface area contributed by atoms with Crippen LogP contribution < -0.4 is 10.3 Å². The molecule has 4 heterocycles. The van der Waals surface area contributed by atoms with Gasteiger partial charge in [-0.1, -0.05) is 11.6 Å². The molecular formula is C22H13ClF3N5O2. The number of ether oxygens (including phenoxy) is 1. The molecule has 0 aliphatic rings. The van der Waals surface area contributed by atoms with Gasteiger partial charge in [0, 0.05) is 33.8 Å². The Balaban J connectivity index is 1.73. The van der Waals surface area contributed by atoms with E-state index in [4.69, 9.17) is 16.3 Å². The topological polar surface area (TPSA) is 74.3 Å². The second-order valence-electron chi connectivity index (χ2n) is 7.16. The van der Waals surface area contributed by atoms with Crippen LogP contribution >= 0.6 is 11.6 Å². The molecule has 0 spiro atoms. The third-order valence-electron chi connectivity index (χ3n) is 4.90. The average Bonchev–Trinajstić information content (AvgIpc) is 3.25. The Hall–Kier alpha value is -3.92. The number of fused-ring (bicyclic) bond motifs is 2. The van der Waals surface area contributed by atoms with E-state index in [0.29, 0.717) is 32.9 Å². The van der Waals surface area contributed by atoms with Crippen LogP contribution in [0.25, 0.3) is 33.5 Å². The summed E-state index contributed by atoms with van der Waals surface area (Å²) >= 11 is 5.99. The number of pyridine rings is 3. The molecule has 0 bridgehead atoms. The van der Waals surface area contributed by atoms with Crippen molar-refractivity contribution in [2.24, 2.45) is 0 Å². The molecule has 5 rings (SSSR count). The highest BCUT2D eigenvalue weighted by Gasteiger charge is 2.28. The third-order valence-corrected chi connectivity index (χ3v) is 5.15. The van der Waals surface area contributed by atoms with Crippen LogP contribution in [0.3, 0.4) is 0 Å². The fourth-order valence-corrected chi connectivity index (χ4v) is 3.55. The van der Waals surface area contributed by atoms with Crippen LogP contribution in [0.5, 0.6) is 5.88 Å². The first-order valence-electron chi connectivity index (χ1n) is 9.61. The summed E-state index contributed by atoms with van der Waals surface area (Å²) < 4.78 is 45.6. The quantitative estimate of drug-likeness (QED) is 0.380. The van der Waals surface area contributed by atoms with Crippen molar-refractivity contribution in [2.45, 2.75) is 6.18 Å². The number of halogens is 4. The summed E-state index contributed by atoms with van der Waals surface area (Å²) in [4.78, 5) is 17.8. The first-order valence-corrected chi connectivity index (χ1v) is 9.98. The normalized spacial score (nSPS) is 11.9. The van der Waals surface area contributed by atoms with Gasteiger partial charge in [0.2, 0.25) is 5.88 Å². The third kappa shape index (κ3) is 4.12. The summed E-state index contributed by atoms with van der Waals surface area (Å²) in [7, 11) is 0. The van der Waals surface area contributed by atoms with Crippen LogP contribution in [0, 0.1) is 0 Å². The van der Waals surface area contributed by atoms with E-state index < -0.39 is 18.3 Å². The van der Waals surface area contributed by atoms with E-state index in [9.17, 15) is 18.0 Å². The summed E-state index contributed by atoms with van der Waals surface area (Å²) in [5.41, 5.74) is 1.76. The SMILES string of the molecule is O=c1c(-c2ccc3nncn3c2)cc2ccc(OCC(F)(F)F)nc2n1-c1ccc(Cl)cc1. The molecule has 0 saturated heterocycles. The Morgan fingerprint density at radius 2 is 1.82 bits per heavy atom. The van der Waals surface area contributed by atoms with Crippen LogP contribution in [0.15, 0.2) is 71.9 Å². The Morgan fingerprint density at radius 3 is 2.58 bits per heavy atom. The van der Waals surface area contributed by atoms with Gasteiger partial charge in [-0.2, -0.15) is 18.2 Å². The van der Waals surface area contributed by atoms with Crippen molar-refractivity contribution in [3.63, 3.8) is 0 Å². The fourth-order valence-electron chi connectivity index (χ4n) is 3.43. The zero-order valence-corrected chi connectivity index (χ0v) is 17.4. The minimum atomic E-state index is -4.52. The zero-order chi connectivity index (χ0) is 23.2. The maximum absolute atomic E-state index is 13.6. The van der Waals surface area contributed by atoms with E-state index in [1.54, 1.807) is 59.1 Å². The van der Waals surface area contributed by atoms with Gasteiger partial charge in [0.1, 0.15) is 6.33 Å². The predicted octanol–water partition coefficient (Wildman–Crippen LogP) is 4.69. The molecule has 0 atom stereocenters. The van der Waals surface area contributed by atoms with Crippen LogP contribution in [0.2, 0.25) is 5.02 Å². The highest BCUT2D eigenvalue weighted by atomic mass is 35.5. The Morgan fingerprint density at radius 1 is 1.03 bits per heavy atom. The van der Waals surface area contributed by atoms with Gasteiger partial charge in [-0.3, -0.25) is 13.8 Å². The molecule has 7 nitrogen and oxygen atoms in total. The number of hydrogen-bond donors (Lipinski definition) is 0. The van der Waals surface area contributed by atoms with Crippen LogP contribution in [-0.2, 0) is 0 Å². The standard InChI is InChI=1S/C22H13ClF3N5O2/c23-15-3-5-16(6-4-15)31-20-13(2-8-19(28-20)33-11-22(24,25)26)9-17(21(31)32)14-1-7-18-29-27-12-30(18)10-14/h1-10,12H,11H2. The Bertz CT molecular complexity index is 1540. The molecular weight excluding hydrogens is 459 g/mol. The van der Waals surface area contributed by atoms with Crippen molar-refractivity contribution in [1.29, 1.82) is 0 Å². The lowest BCUT2D eigenvalue weighted by atomic mass is 10.1. The summed E-state index contributed by atoms with van der Waals surface area (Å²) in [6.45, 7) is -1.49. The molecule has 33 heavy (non-hydrogen) atoms. The zero-order valence-electron chi connectivity index (χ0n) is 16.6. The van der Waals surface area contributed by atoms with Gasteiger partial charge in [0.25, 0.3) is 5.56 Å². The largest absolute Gasteiger partial charge is 0.468 e. The van der Waals surface area contributed by atoms with Crippen molar-refractivity contribution < 1.29 is 17.9 Å². The monoisotopic (exact) mass is 471 g/mol. The van der Waals surface area contributed by atoms with Crippen molar-refractivity contribution in [2.75, 3.05) is 6.61 Å². The van der Waals surface area contributed by atoms with E-state index in [1.165, 1.54) is 17.0 Å². The van der Waals surface area contributed by atoms with Gasteiger partial charge in [0.05, 0.1) is 5.69 Å². The second kappa shape index (κ2) is 7.89. The first kappa shape index (κ1) is 21.0. The molecule has 0 radical (unpaired) electrons. The first-order chi connectivity index (χ1) is 15.8. The molecule has 5 aromatic rings. The number of nitrogens with zero attached hydrogens (tertiary/aromatic N) is 5. The minimum absolute atomic E-state index is 0.149. The maximum Gasteiger partial charge on any atom is 0.422 e. The molecule has 0 unspecified atom stereocenters. The number of rotatable bonds is 4. The number of aromatic nitrogens is 5. The lowest BCUT2D eigenvalue weighted by Crippen LogP contribution is -2.22. The van der Waals surface area contributed by atoms with Crippen molar-refractivity contribution in [3.05, 3.63) is 82.5 Å². The molecule has 166 valence electrons. The molecule has 0 amide bonds.